The molecule has 5 heteroatoms. The molecule has 0 atom stereocenters. The first-order valence-corrected chi connectivity index (χ1v) is 8.66. The van der Waals surface area contributed by atoms with Crippen molar-refractivity contribution in [2.24, 2.45) is 4.99 Å². The minimum Gasteiger partial charge on any atom is -0.507 e. The quantitative estimate of drug-likeness (QED) is 0.882. The van der Waals surface area contributed by atoms with Gasteiger partial charge in [-0.15, -0.1) is 0 Å². The second-order valence-corrected chi connectivity index (χ2v) is 6.08. The molecule has 130 valence electrons. The van der Waals surface area contributed by atoms with Crippen molar-refractivity contribution in [3.8, 4) is 17.0 Å². The highest BCUT2D eigenvalue weighted by Crippen LogP contribution is 2.30. The lowest BCUT2D eigenvalue weighted by Gasteiger charge is -2.21. The number of nitrogens with zero attached hydrogens (tertiary/aromatic N) is 3. The van der Waals surface area contributed by atoms with Gasteiger partial charge in [0.25, 0.3) is 0 Å². The van der Waals surface area contributed by atoms with Crippen LogP contribution in [0.2, 0.25) is 0 Å². The highest BCUT2D eigenvalue weighted by atomic mass is 16.3. The molecule has 5 nitrogen and oxygen atoms in total. The molecular formula is C20H24N4O. The number of nitrogens with one attached hydrogen (secondary N) is 1. The SMILES string of the molecule is CCN(CC)C1=NC=CC(c2cc(-c3cc(C)ccc3O)[nH]n2)=CC1. The lowest BCUT2D eigenvalue weighted by Crippen LogP contribution is -2.29. The van der Waals surface area contributed by atoms with Gasteiger partial charge in [-0.25, -0.2) is 4.99 Å². The zero-order valence-electron chi connectivity index (χ0n) is 15.0. The maximum absolute atomic E-state index is 10.1. The smallest absolute Gasteiger partial charge is 0.124 e. The van der Waals surface area contributed by atoms with E-state index in [4.69, 9.17) is 0 Å². The Morgan fingerprint density at radius 2 is 2.00 bits per heavy atom. The zero-order chi connectivity index (χ0) is 17.8. The van der Waals surface area contributed by atoms with Crippen molar-refractivity contribution in [1.29, 1.82) is 0 Å². The Labute approximate surface area is 148 Å². The fourth-order valence-electron chi connectivity index (χ4n) is 2.99. The summed E-state index contributed by atoms with van der Waals surface area (Å²) in [6.07, 6.45) is 6.75. The Balaban J connectivity index is 1.85. The van der Waals surface area contributed by atoms with Crippen LogP contribution >= 0.6 is 0 Å². The largest absolute Gasteiger partial charge is 0.507 e. The minimum atomic E-state index is 0.248. The Morgan fingerprint density at radius 1 is 1.20 bits per heavy atom. The van der Waals surface area contributed by atoms with Gasteiger partial charge >= 0.3 is 0 Å². The normalized spacial score (nSPS) is 14.0. The number of phenolic OH excluding ortho intramolecular Hbond substituents is 1. The third-order valence-electron chi connectivity index (χ3n) is 4.43. The Bertz CT molecular complexity index is 841. The first kappa shape index (κ1) is 17.0. The number of hydrogen-bond donors (Lipinski definition) is 2. The summed E-state index contributed by atoms with van der Waals surface area (Å²) in [6, 6.07) is 7.51. The van der Waals surface area contributed by atoms with Crippen LogP contribution in [0.4, 0.5) is 0 Å². The molecule has 0 unspecified atom stereocenters. The maximum atomic E-state index is 10.1. The molecule has 2 aromatic rings. The van der Waals surface area contributed by atoms with Crippen LogP contribution in [0.1, 0.15) is 31.5 Å². The average molecular weight is 336 g/mol. The number of benzene rings is 1. The topological polar surface area (TPSA) is 64.5 Å². The molecule has 0 saturated heterocycles. The van der Waals surface area contributed by atoms with Crippen LogP contribution < -0.4 is 0 Å². The van der Waals surface area contributed by atoms with Gasteiger partial charge in [-0.1, -0.05) is 17.7 Å². The standard InChI is InChI=1S/C20H24N4O/c1-4-24(5-2)20-9-7-15(10-11-21-20)17-13-18(23-22-17)16-12-14(3)6-8-19(16)25/h6-8,10-13,25H,4-5,9H2,1-3H3,(H,22,23). The second kappa shape index (κ2) is 7.38. The van der Waals surface area contributed by atoms with E-state index in [9.17, 15) is 5.11 Å². The van der Waals surface area contributed by atoms with E-state index in [2.05, 4.69) is 40.0 Å². The molecule has 3 rings (SSSR count). The van der Waals surface area contributed by atoms with Crippen molar-refractivity contribution in [2.75, 3.05) is 13.1 Å². The van der Waals surface area contributed by atoms with Crippen LogP contribution in [0.25, 0.3) is 16.8 Å². The second-order valence-electron chi connectivity index (χ2n) is 6.08. The van der Waals surface area contributed by atoms with Gasteiger partial charge in [-0.05, 0) is 50.6 Å². The molecule has 0 saturated carbocycles. The first-order valence-electron chi connectivity index (χ1n) is 8.66. The fourth-order valence-corrected chi connectivity index (χ4v) is 2.99. The molecule has 1 aromatic heterocycles. The highest BCUT2D eigenvalue weighted by molar-refractivity contribution is 5.88. The number of amidine groups is 1. The van der Waals surface area contributed by atoms with Crippen molar-refractivity contribution in [3.63, 3.8) is 0 Å². The van der Waals surface area contributed by atoms with Gasteiger partial charge in [-0.3, -0.25) is 5.10 Å². The number of allylic oxidation sites excluding steroid dienone is 2. The lowest BCUT2D eigenvalue weighted by molar-refractivity contribution is 0.459. The number of rotatable bonds is 4. The number of aromatic nitrogens is 2. The summed E-state index contributed by atoms with van der Waals surface area (Å²) in [5, 5.41) is 17.6. The number of aromatic hydroxyl groups is 1. The van der Waals surface area contributed by atoms with Crippen molar-refractivity contribution >= 4 is 11.4 Å². The van der Waals surface area contributed by atoms with Crippen LogP contribution in [-0.4, -0.2) is 39.1 Å². The van der Waals surface area contributed by atoms with Crippen molar-refractivity contribution in [1.82, 2.24) is 15.1 Å². The third-order valence-corrected chi connectivity index (χ3v) is 4.43. The summed E-state index contributed by atoms with van der Waals surface area (Å²) in [4.78, 5) is 6.82. The summed E-state index contributed by atoms with van der Waals surface area (Å²) in [6.45, 7) is 8.18. The van der Waals surface area contributed by atoms with Crippen LogP contribution in [0.15, 0.2) is 47.6 Å². The van der Waals surface area contributed by atoms with E-state index < -0.39 is 0 Å². The fraction of sp³-hybridized carbons (Fsp3) is 0.300. The van der Waals surface area contributed by atoms with Gasteiger partial charge in [-0.2, -0.15) is 5.10 Å². The number of aromatic amines is 1. The monoisotopic (exact) mass is 336 g/mol. The molecule has 0 spiro atoms. The molecular weight excluding hydrogens is 312 g/mol. The number of hydrogen-bond acceptors (Lipinski definition) is 4. The van der Waals surface area contributed by atoms with Gasteiger partial charge in [0.2, 0.25) is 0 Å². The van der Waals surface area contributed by atoms with E-state index in [1.807, 2.05) is 37.4 Å². The van der Waals surface area contributed by atoms with Gasteiger partial charge in [0.15, 0.2) is 0 Å². The van der Waals surface area contributed by atoms with Crippen LogP contribution in [0.5, 0.6) is 5.75 Å². The van der Waals surface area contributed by atoms with Crippen LogP contribution in [0.3, 0.4) is 0 Å². The Morgan fingerprint density at radius 3 is 2.76 bits per heavy atom. The predicted octanol–water partition coefficient (Wildman–Crippen LogP) is 4.13. The van der Waals surface area contributed by atoms with Gasteiger partial charge in [0, 0.05) is 31.3 Å². The van der Waals surface area contributed by atoms with E-state index in [1.165, 1.54) is 0 Å². The molecule has 1 aliphatic rings. The molecule has 0 amide bonds. The number of aliphatic imine (C=N–C) groups is 1. The molecule has 0 aliphatic carbocycles. The molecule has 0 bridgehead atoms. The molecule has 0 fully saturated rings. The van der Waals surface area contributed by atoms with E-state index in [0.717, 1.165) is 53.4 Å². The summed E-state index contributed by atoms with van der Waals surface area (Å²) in [7, 11) is 0. The molecule has 1 aliphatic heterocycles. The van der Waals surface area contributed by atoms with Crippen molar-refractivity contribution in [3.05, 3.63) is 53.9 Å². The highest BCUT2D eigenvalue weighted by Gasteiger charge is 2.13. The van der Waals surface area contributed by atoms with Gasteiger partial charge in [0.05, 0.1) is 11.4 Å². The average Bonchev–Trinajstić information content (AvgIpc) is 2.97. The van der Waals surface area contributed by atoms with E-state index in [1.54, 1.807) is 6.07 Å². The van der Waals surface area contributed by atoms with E-state index in [0.29, 0.717) is 0 Å². The van der Waals surface area contributed by atoms with E-state index >= 15 is 0 Å². The van der Waals surface area contributed by atoms with Crippen LogP contribution in [0, 0.1) is 6.92 Å². The number of aryl methyl sites for hydroxylation is 1. The number of H-pyrrole nitrogens is 1. The summed E-state index contributed by atoms with van der Waals surface area (Å²) >= 11 is 0. The van der Waals surface area contributed by atoms with Gasteiger partial charge in [0.1, 0.15) is 11.6 Å². The predicted molar refractivity (Wildman–Crippen MR) is 103 cm³/mol. The number of phenols is 1. The maximum Gasteiger partial charge on any atom is 0.124 e. The molecule has 2 N–H and O–H groups in total. The summed E-state index contributed by atoms with van der Waals surface area (Å²) < 4.78 is 0. The summed E-state index contributed by atoms with van der Waals surface area (Å²) in [5.41, 5.74) is 4.54. The molecule has 0 radical (unpaired) electrons. The molecule has 25 heavy (non-hydrogen) atoms. The van der Waals surface area contributed by atoms with Crippen molar-refractivity contribution in [2.45, 2.75) is 27.2 Å². The molecule has 2 heterocycles. The van der Waals surface area contributed by atoms with Crippen LogP contribution in [-0.2, 0) is 0 Å². The Kier molecular flexibility index (Phi) is 5.03. The van der Waals surface area contributed by atoms with Crippen molar-refractivity contribution < 1.29 is 5.11 Å². The minimum absolute atomic E-state index is 0.248. The summed E-state index contributed by atoms with van der Waals surface area (Å²) in [5.74, 6) is 1.32. The third kappa shape index (κ3) is 3.65. The lowest BCUT2D eigenvalue weighted by atomic mass is 10.1. The van der Waals surface area contributed by atoms with Gasteiger partial charge < -0.3 is 10.0 Å². The zero-order valence-corrected chi connectivity index (χ0v) is 15.0. The Hall–Kier alpha value is -2.82. The first-order chi connectivity index (χ1) is 12.1. The molecule has 1 aromatic carbocycles. The van der Waals surface area contributed by atoms with E-state index in [-0.39, 0.29) is 5.75 Å².